The first kappa shape index (κ1) is 19.7. The highest BCUT2D eigenvalue weighted by Crippen LogP contribution is 2.19. The molecule has 23 heavy (non-hydrogen) atoms. The predicted octanol–water partition coefficient (Wildman–Crippen LogP) is 2.74. The average molecular weight is 359 g/mol. The minimum atomic E-state index is -0.0985. The summed E-state index contributed by atoms with van der Waals surface area (Å²) in [6.07, 6.45) is 3.19. The number of para-hydroxylation sites is 2. The zero-order valence-corrected chi connectivity index (χ0v) is 15.0. The number of benzene rings is 1. The molecule has 1 aromatic carbocycles. The van der Waals surface area contributed by atoms with Crippen LogP contribution in [0, 0.1) is 0 Å². The Kier molecular flexibility index (Phi) is 7.32. The lowest BCUT2D eigenvalue weighted by molar-refractivity contribution is -0.124. The van der Waals surface area contributed by atoms with Crippen molar-refractivity contribution in [1.82, 2.24) is 20.2 Å². The number of nitrogens with one attached hydrogen (secondary N) is 2. The average Bonchev–Trinajstić information content (AvgIpc) is 2.86. The lowest BCUT2D eigenvalue weighted by Gasteiger charge is -2.24. The molecular weight excluding hydrogens is 335 g/mol. The Hall–Kier alpha value is -1.30. The molecule has 1 unspecified atom stereocenters. The number of amides is 1. The van der Waals surface area contributed by atoms with Gasteiger partial charge >= 0.3 is 0 Å². The molecule has 5 nitrogen and oxygen atoms in total. The molecule has 128 valence electrons. The summed E-state index contributed by atoms with van der Waals surface area (Å²) < 4.78 is 2.05. The van der Waals surface area contributed by atoms with Crippen LogP contribution in [0.1, 0.15) is 38.1 Å². The molecule has 0 aliphatic carbocycles. The summed E-state index contributed by atoms with van der Waals surface area (Å²) in [4.78, 5) is 16.9. The molecular formula is C16H24Cl2N4O. The zero-order chi connectivity index (χ0) is 14.8. The molecule has 0 radical (unpaired) electrons. The van der Waals surface area contributed by atoms with Crippen LogP contribution in [-0.2, 0) is 11.8 Å². The van der Waals surface area contributed by atoms with E-state index in [4.69, 9.17) is 0 Å². The fourth-order valence-corrected chi connectivity index (χ4v) is 3.01. The minimum absolute atomic E-state index is 0. The minimum Gasteiger partial charge on any atom is -0.345 e. The number of hydrogen-bond donors (Lipinski definition) is 2. The molecule has 7 heteroatoms. The van der Waals surface area contributed by atoms with E-state index in [9.17, 15) is 4.79 Å². The number of aromatic nitrogens is 2. The van der Waals surface area contributed by atoms with Gasteiger partial charge in [-0.15, -0.1) is 24.8 Å². The van der Waals surface area contributed by atoms with E-state index < -0.39 is 0 Å². The molecule has 2 aromatic rings. The monoisotopic (exact) mass is 358 g/mol. The molecule has 0 saturated carbocycles. The van der Waals surface area contributed by atoms with E-state index in [0.29, 0.717) is 0 Å². The standard InChI is InChI=1S/C16H22N4O.2ClH/c1-11(18-16(21)13-8-5-6-10-17-13)15-19-12-7-3-4-9-14(12)20(15)2;;/h3-4,7,9,11,13,17H,5-6,8,10H2,1-2H3,(H,18,21);2*1H/t11?,13-;;/m1../s1. The van der Waals surface area contributed by atoms with Crippen molar-refractivity contribution in [2.24, 2.45) is 7.05 Å². The number of halogens is 2. The summed E-state index contributed by atoms with van der Waals surface area (Å²) in [6.45, 7) is 2.92. The van der Waals surface area contributed by atoms with Gasteiger partial charge in [0.15, 0.2) is 0 Å². The SMILES string of the molecule is CC(NC(=O)[C@H]1CCCCN1)c1nc2ccccc2n1C.Cl.Cl. The number of imidazole rings is 1. The van der Waals surface area contributed by atoms with Gasteiger partial charge in [0, 0.05) is 7.05 Å². The van der Waals surface area contributed by atoms with E-state index in [-0.39, 0.29) is 42.8 Å². The molecule has 0 spiro atoms. The molecule has 2 N–H and O–H groups in total. The van der Waals surface area contributed by atoms with E-state index in [2.05, 4.69) is 20.2 Å². The van der Waals surface area contributed by atoms with Gasteiger partial charge in [-0.2, -0.15) is 0 Å². The quantitative estimate of drug-likeness (QED) is 0.886. The van der Waals surface area contributed by atoms with E-state index >= 15 is 0 Å². The van der Waals surface area contributed by atoms with E-state index in [0.717, 1.165) is 42.7 Å². The second-order valence-electron chi connectivity index (χ2n) is 5.75. The Balaban J connectivity index is 0.00000132. The van der Waals surface area contributed by atoms with Gasteiger partial charge in [-0.3, -0.25) is 4.79 Å². The summed E-state index contributed by atoms with van der Waals surface area (Å²) >= 11 is 0. The van der Waals surface area contributed by atoms with Crippen molar-refractivity contribution in [3.8, 4) is 0 Å². The lowest BCUT2D eigenvalue weighted by atomic mass is 10.0. The molecule has 1 amide bonds. The number of rotatable bonds is 3. The number of nitrogens with zero attached hydrogens (tertiary/aromatic N) is 2. The second-order valence-corrected chi connectivity index (χ2v) is 5.75. The third kappa shape index (κ3) is 4.16. The van der Waals surface area contributed by atoms with Crippen LogP contribution >= 0.6 is 24.8 Å². The van der Waals surface area contributed by atoms with Crippen LogP contribution in [0.2, 0.25) is 0 Å². The van der Waals surface area contributed by atoms with Crippen LogP contribution in [0.3, 0.4) is 0 Å². The molecule has 1 aromatic heterocycles. The maximum Gasteiger partial charge on any atom is 0.237 e. The zero-order valence-electron chi connectivity index (χ0n) is 13.4. The van der Waals surface area contributed by atoms with Crippen LogP contribution < -0.4 is 10.6 Å². The molecule has 1 aliphatic heterocycles. The van der Waals surface area contributed by atoms with Crippen molar-refractivity contribution >= 4 is 41.8 Å². The van der Waals surface area contributed by atoms with Gasteiger partial charge < -0.3 is 15.2 Å². The normalized spacial score (nSPS) is 18.6. The lowest BCUT2D eigenvalue weighted by Crippen LogP contribution is -2.47. The van der Waals surface area contributed by atoms with E-state index in [1.807, 2.05) is 38.2 Å². The van der Waals surface area contributed by atoms with Crippen molar-refractivity contribution in [1.29, 1.82) is 0 Å². The van der Waals surface area contributed by atoms with Crippen LogP contribution in [0.5, 0.6) is 0 Å². The van der Waals surface area contributed by atoms with Crippen molar-refractivity contribution < 1.29 is 4.79 Å². The molecule has 1 fully saturated rings. The Bertz CT molecular complexity index is 653. The van der Waals surface area contributed by atoms with Gasteiger partial charge in [0.2, 0.25) is 5.91 Å². The Labute approximate surface area is 149 Å². The van der Waals surface area contributed by atoms with Gasteiger partial charge in [-0.1, -0.05) is 18.6 Å². The van der Waals surface area contributed by atoms with Crippen molar-refractivity contribution in [3.05, 3.63) is 30.1 Å². The van der Waals surface area contributed by atoms with Crippen LogP contribution in [0.15, 0.2) is 24.3 Å². The fraction of sp³-hybridized carbons (Fsp3) is 0.500. The van der Waals surface area contributed by atoms with Crippen molar-refractivity contribution in [2.75, 3.05) is 6.54 Å². The second kappa shape index (κ2) is 8.52. The number of carbonyl (C=O) groups excluding carboxylic acids is 1. The highest BCUT2D eigenvalue weighted by molar-refractivity contribution is 5.85. The Morgan fingerprint density at radius 3 is 2.74 bits per heavy atom. The molecule has 1 saturated heterocycles. The van der Waals surface area contributed by atoms with Gasteiger partial charge in [-0.05, 0) is 38.4 Å². The Morgan fingerprint density at radius 2 is 2.09 bits per heavy atom. The van der Waals surface area contributed by atoms with Gasteiger partial charge in [0.25, 0.3) is 0 Å². The van der Waals surface area contributed by atoms with Crippen molar-refractivity contribution in [3.63, 3.8) is 0 Å². The third-order valence-corrected chi connectivity index (χ3v) is 4.19. The van der Waals surface area contributed by atoms with E-state index in [1.54, 1.807) is 0 Å². The first-order valence-electron chi connectivity index (χ1n) is 7.62. The summed E-state index contributed by atoms with van der Waals surface area (Å²) in [5.74, 6) is 0.967. The molecule has 0 bridgehead atoms. The van der Waals surface area contributed by atoms with Crippen LogP contribution in [-0.4, -0.2) is 28.0 Å². The topological polar surface area (TPSA) is 59.0 Å². The van der Waals surface area contributed by atoms with Crippen molar-refractivity contribution in [2.45, 2.75) is 38.3 Å². The number of hydrogen-bond acceptors (Lipinski definition) is 3. The number of piperidine rings is 1. The highest BCUT2D eigenvalue weighted by Gasteiger charge is 2.23. The summed E-state index contributed by atoms with van der Waals surface area (Å²) in [5.41, 5.74) is 2.05. The first-order valence-corrected chi connectivity index (χ1v) is 7.62. The number of aryl methyl sites for hydroxylation is 1. The smallest absolute Gasteiger partial charge is 0.237 e. The summed E-state index contributed by atoms with van der Waals surface area (Å²) in [5, 5.41) is 6.36. The maximum atomic E-state index is 12.3. The Morgan fingerprint density at radius 1 is 1.35 bits per heavy atom. The largest absolute Gasteiger partial charge is 0.345 e. The third-order valence-electron chi connectivity index (χ3n) is 4.19. The number of carbonyl (C=O) groups is 1. The van der Waals surface area contributed by atoms with Gasteiger partial charge in [-0.25, -0.2) is 4.98 Å². The highest BCUT2D eigenvalue weighted by atomic mass is 35.5. The van der Waals surface area contributed by atoms with Gasteiger partial charge in [0.05, 0.1) is 23.1 Å². The molecule has 2 atom stereocenters. The van der Waals surface area contributed by atoms with Crippen LogP contribution in [0.4, 0.5) is 0 Å². The maximum absolute atomic E-state index is 12.3. The predicted molar refractivity (Wildman–Crippen MR) is 97.4 cm³/mol. The fourth-order valence-electron chi connectivity index (χ4n) is 3.01. The molecule has 2 heterocycles. The summed E-state index contributed by atoms with van der Waals surface area (Å²) in [7, 11) is 1.99. The number of fused-ring (bicyclic) bond motifs is 1. The summed E-state index contributed by atoms with van der Waals surface area (Å²) in [6, 6.07) is 7.87. The van der Waals surface area contributed by atoms with Crippen LogP contribution in [0.25, 0.3) is 11.0 Å². The molecule has 1 aliphatic rings. The first-order chi connectivity index (χ1) is 10.2. The van der Waals surface area contributed by atoms with E-state index in [1.165, 1.54) is 0 Å². The molecule has 3 rings (SSSR count). The van der Waals surface area contributed by atoms with Gasteiger partial charge in [0.1, 0.15) is 5.82 Å².